The van der Waals surface area contributed by atoms with Crippen molar-refractivity contribution in [1.29, 1.82) is 0 Å². The van der Waals surface area contributed by atoms with Crippen molar-refractivity contribution >= 4 is 0 Å². The molecule has 0 spiro atoms. The number of β-amino-alcohol motifs (C(OH)–C–C–N with tert-alkyl or cyclic N) is 1. The van der Waals surface area contributed by atoms with Gasteiger partial charge in [0, 0.05) is 38.6 Å². The SMILES string of the molecule is O[C@@]1(CN2CCC(Oc3ccncc3)CC2)CCNC1. The topological polar surface area (TPSA) is 57.6 Å². The monoisotopic (exact) mass is 277 g/mol. The summed E-state index contributed by atoms with van der Waals surface area (Å²) in [6.45, 7) is 4.43. The van der Waals surface area contributed by atoms with Crippen LogP contribution >= 0.6 is 0 Å². The summed E-state index contributed by atoms with van der Waals surface area (Å²) in [5.41, 5.74) is -0.529. The van der Waals surface area contributed by atoms with Crippen LogP contribution in [0.4, 0.5) is 0 Å². The zero-order chi connectivity index (χ0) is 13.8. The molecule has 2 fully saturated rings. The Morgan fingerprint density at radius 1 is 1.35 bits per heavy atom. The lowest BCUT2D eigenvalue weighted by molar-refractivity contribution is 0.00234. The minimum atomic E-state index is -0.529. The first-order valence-corrected chi connectivity index (χ1v) is 7.46. The van der Waals surface area contributed by atoms with E-state index in [0.717, 1.165) is 57.7 Å². The maximum Gasteiger partial charge on any atom is 0.122 e. The Kier molecular flexibility index (Phi) is 4.19. The van der Waals surface area contributed by atoms with E-state index in [4.69, 9.17) is 4.74 Å². The van der Waals surface area contributed by atoms with Crippen molar-refractivity contribution in [2.45, 2.75) is 31.0 Å². The fourth-order valence-corrected chi connectivity index (χ4v) is 3.08. The van der Waals surface area contributed by atoms with Crippen LogP contribution in [-0.2, 0) is 0 Å². The molecule has 0 aliphatic carbocycles. The molecule has 0 unspecified atom stereocenters. The second-order valence-electron chi connectivity index (χ2n) is 5.93. The Morgan fingerprint density at radius 2 is 2.10 bits per heavy atom. The van der Waals surface area contributed by atoms with Crippen molar-refractivity contribution in [3.05, 3.63) is 24.5 Å². The molecular weight excluding hydrogens is 254 g/mol. The van der Waals surface area contributed by atoms with E-state index in [0.29, 0.717) is 0 Å². The molecule has 0 aromatic carbocycles. The molecule has 1 atom stereocenters. The normalized spacial score (nSPS) is 28.6. The van der Waals surface area contributed by atoms with Crippen LogP contribution in [0.15, 0.2) is 24.5 Å². The second-order valence-corrected chi connectivity index (χ2v) is 5.93. The van der Waals surface area contributed by atoms with E-state index in [1.54, 1.807) is 12.4 Å². The zero-order valence-corrected chi connectivity index (χ0v) is 11.8. The molecule has 1 aromatic heterocycles. The number of aliphatic hydroxyl groups is 1. The highest BCUT2D eigenvalue weighted by Crippen LogP contribution is 2.21. The van der Waals surface area contributed by atoms with Crippen LogP contribution in [0.5, 0.6) is 5.75 Å². The smallest absolute Gasteiger partial charge is 0.122 e. The number of nitrogens with zero attached hydrogens (tertiary/aromatic N) is 2. The molecule has 2 aliphatic heterocycles. The summed E-state index contributed by atoms with van der Waals surface area (Å²) in [6, 6.07) is 3.80. The standard InChI is InChI=1S/C15H23N3O2/c19-15(5-8-17-11-15)12-18-9-3-14(4-10-18)20-13-1-6-16-7-2-13/h1-2,6-7,14,17,19H,3-5,8-12H2/t15-/m0/s1. The summed E-state index contributed by atoms with van der Waals surface area (Å²) >= 11 is 0. The number of likely N-dealkylation sites (tertiary alicyclic amines) is 1. The number of pyridine rings is 1. The van der Waals surface area contributed by atoms with Gasteiger partial charge < -0.3 is 20.1 Å². The van der Waals surface area contributed by atoms with Crippen LogP contribution < -0.4 is 10.1 Å². The first kappa shape index (κ1) is 13.8. The number of ether oxygens (including phenoxy) is 1. The lowest BCUT2D eigenvalue weighted by atomic mass is 10.00. The Labute approximate surface area is 120 Å². The molecule has 0 bridgehead atoms. The molecule has 0 radical (unpaired) electrons. The first-order valence-electron chi connectivity index (χ1n) is 7.46. The van der Waals surface area contributed by atoms with Gasteiger partial charge in [-0.1, -0.05) is 0 Å². The van der Waals surface area contributed by atoms with Gasteiger partial charge in [-0.3, -0.25) is 4.98 Å². The largest absolute Gasteiger partial charge is 0.490 e. The summed E-state index contributed by atoms with van der Waals surface area (Å²) in [5, 5.41) is 13.6. The van der Waals surface area contributed by atoms with Crippen molar-refractivity contribution in [3.63, 3.8) is 0 Å². The highest BCUT2D eigenvalue weighted by atomic mass is 16.5. The van der Waals surface area contributed by atoms with Gasteiger partial charge in [0.05, 0.1) is 5.60 Å². The Balaban J connectivity index is 1.45. The minimum absolute atomic E-state index is 0.282. The molecule has 5 nitrogen and oxygen atoms in total. The van der Waals surface area contributed by atoms with Crippen LogP contribution in [0.1, 0.15) is 19.3 Å². The predicted molar refractivity (Wildman–Crippen MR) is 76.8 cm³/mol. The molecule has 0 saturated carbocycles. The molecule has 2 saturated heterocycles. The fraction of sp³-hybridized carbons (Fsp3) is 0.667. The zero-order valence-electron chi connectivity index (χ0n) is 11.8. The Hall–Kier alpha value is -1.17. The quantitative estimate of drug-likeness (QED) is 0.846. The lowest BCUT2D eigenvalue weighted by Crippen LogP contribution is -2.48. The van der Waals surface area contributed by atoms with E-state index in [-0.39, 0.29) is 6.10 Å². The van der Waals surface area contributed by atoms with E-state index < -0.39 is 5.60 Å². The first-order chi connectivity index (χ1) is 9.73. The van der Waals surface area contributed by atoms with E-state index in [1.165, 1.54) is 0 Å². The maximum atomic E-state index is 10.4. The minimum Gasteiger partial charge on any atom is -0.490 e. The molecule has 110 valence electrons. The number of hydrogen-bond donors (Lipinski definition) is 2. The van der Waals surface area contributed by atoms with E-state index in [2.05, 4.69) is 15.2 Å². The number of nitrogens with one attached hydrogen (secondary N) is 1. The summed E-state index contributed by atoms with van der Waals surface area (Å²) in [4.78, 5) is 6.35. The van der Waals surface area contributed by atoms with Gasteiger partial charge in [-0.05, 0) is 37.9 Å². The predicted octanol–water partition coefficient (Wildman–Crippen LogP) is 0.649. The molecule has 3 rings (SSSR count). The molecule has 2 N–H and O–H groups in total. The van der Waals surface area contributed by atoms with Crippen molar-refractivity contribution in [3.8, 4) is 5.75 Å². The van der Waals surface area contributed by atoms with Gasteiger partial charge in [0.25, 0.3) is 0 Å². The van der Waals surface area contributed by atoms with Crippen LogP contribution in [0.3, 0.4) is 0 Å². The molecule has 3 heterocycles. The van der Waals surface area contributed by atoms with Crippen LogP contribution in [0, 0.1) is 0 Å². The van der Waals surface area contributed by atoms with E-state index in [9.17, 15) is 5.11 Å². The van der Waals surface area contributed by atoms with Crippen molar-refractivity contribution in [2.75, 3.05) is 32.7 Å². The third-order valence-electron chi connectivity index (χ3n) is 4.23. The lowest BCUT2D eigenvalue weighted by Gasteiger charge is -2.36. The number of rotatable bonds is 4. The van der Waals surface area contributed by atoms with Crippen LogP contribution in [-0.4, -0.2) is 59.4 Å². The fourth-order valence-electron chi connectivity index (χ4n) is 3.08. The van der Waals surface area contributed by atoms with Gasteiger partial charge in [-0.15, -0.1) is 0 Å². The summed E-state index contributed by atoms with van der Waals surface area (Å²) in [6.07, 6.45) is 6.70. The third-order valence-corrected chi connectivity index (χ3v) is 4.23. The third kappa shape index (κ3) is 3.48. The summed E-state index contributed by atoms with van der Waals surface area (Å²) in [5.74, 6) is 0.900. The van der Waals surface area contributed by atoms with Crippen molar-refractivity contribution in [2.24, 2.45) is 0 Å². The Morgan fingerprint density at radius 3 is 2.75 bits per heavy atom. The van der Waals surface area contributed by atoms with Crippen molar-refractivity contribution < 1.29 is 9.84 Å². The van der Waals surface area contributed by atoms with E-state index in [1.807, 2.05) is 12.1 Å². The summed E-state index contributed by atoms with van der Waals surface area (Å²) < 4.78 is 5.96. The molecular formula is C15H23N3O2. The molecule has 20 heavy (non-hydrogen) atoms. The molecule has 5 heteroatoms. The maximum absolute atomic E-state index is 10.4. The van der Waals surface area contributed by atoms with Crippen LogP contribution in [0.25, 0.3) is 0 Å². The average Bonchev–Trinajstić information content (AvgIpc) is 2.89. The average molecular weight is 277 g/mol. The van der Waals surface area contributed by atoms with Gasteiger partial charge in [-0.25, -0.2) is 0 Å². The number of piperidine rings is 1. The van der Waals surface area contributed by atoms with Gasteiger partial charge in [0.1, 0.15) is 11.9 Å². The van der Waals surface area contributed by atoms with Gasteiger partial charge in [-0.2, -0.15) is 0 Å². The van der Waals surface area contributed by atoms with Crippen LogP contribution in [0.2, 0.25) is 0 Å². The highest BCUT2D eigenvalue weighted by molar-refractivity contribution is 5.17. The van der Waals surface area contributed by atoms with Gasteiger partial charge >= 0.3 is 0 Å². The second kappa shape index (κ2) is 6.08. The Bertz CT molecular complexity index is 412. The number of aromatic nitrogens is 1. The molecule has 0 amide bonds. The summed E-state index contributed by atoms with van der Waals surface area (Å²) in [7, 11) is 0. The number of hydrogen-bond acceptors (Lipinski definition) is 5. The van der Waals surface area contributed by atoms with Gasteiger partial charge in [0.15, 0.2) is 0 Å². The molecule has 1 aromatic rings. The van der Waals surface area contributed by atoms with E-state index >= 15 is 0 Å². The molecule has 2 aliphatic rings. The highest BCUT2D eigenvalue weighted by Gasteiger charge is 2.34. The van der Waals surface area contributed by atoms with Crippen molar-refractivity contribution in [1.82, 2.24) is 15.2 Å². The van der Waals surface area contributed by atoms with Gasteiger partial charge in [0.2, 0.25) is 0 Å².